The second-order valence-electron chi connectivity index (χ2n) is 5.37. The highest BCUT2D eigenvalue weighted by molar-refractivity contribution is 6.38. The molecule has 0 saturated heterocycles. The highest BCUT2D eigenvalue weighted by atomic mass is 35.5. The van der Waals surface area contributed by atoms with Crippen LogP contribution in [0.5, 0.6) is 0 Å². The second kappa shape index (κ2) is 5.00. The summed E-state index contributed by atoms with van der Waals surface area (Å²) in [6.07, 6.45) is 0.351. The lowest BCUT2D eigenvalue weighted by molar-refractivity contribution is -0.120. The van der Waals surface area contributed by atoms with Gasteiger partial charge in [-0.25, -0.2) is 4.39 Å². The van der Waals surface area contributed by atoms with E-state index in [9.17, 15) is 9.18 Å². The summed E-state index contributed by atoms with van der Waals surface area (Å²) in [6, 6.07) is 9.54. The van der Waals surface area contributed by atoms with Crippen molar-refractivity contribution in [2.75, 3.05) is 5.32 Å². The van der Waals surface area contributed by atoms with E-state index in [1.807, 2.05) is 0 Å². The number of anilines is 1. The average molecular weight is 324 g/mol. The summed E-state index contributed by atoms with van der Waals surface area (Å²) in [4.78, 5) is 12.4. The van der Waals surface area contributed by atoms with Gasteiger partial charge in [0.1, 0.15) is 5.82 Å². The highest BCUT2D eigenvalue weighted by Crippen LogP contribution is 2.47. The molecule has 5 heteroatoms. The maximum atomic E-state index is 13.4. The first-order valence-corrected chi connectivity index (χ1v) is 7.22. The number of carbonyl (C=O) groups is 1. The van der Waals surface area contributed by atoms with Crippen LogP contribution in [0, 0.1) is 5.82 Å². The zero-order valence-electron chi connectivity index (χ0n) is 11.2. The van der Waals surface area contributed by atoms with Gasteiger partial charge < -0.3 is 5.32 Å². The zero-order chi connectivity index (χ0) is 15.2. The van der Waals surface area contributed by atoms with Gasteiger partial charge in [-0.2, -0.15) is 0 Å². The third-order valence-corrected chi connectivity index (χ3v) is 4.47. The molecule has 2 nitrogen and oxygen atoms in total. The number of nitrogens with one attached hydrogen (secondary N) is 1. The molecule has 1 amide bonds. The third-order valence-electron chi connectivity index (χ3n) is 3.84. The Hall–Kier alpha value is -1.58. The Kier molecular flexibility index (Phi) is 3.42. The third kappa shape index (κ3) is 2.30. The molecule has 1 N–H and O–H groups in total. The lowest BCUT2D eigenvalue weighted by Gasteiger charge is -2.23. The fourth-order valence-electron chi connectivity index (χ4n) is 2.80. The van der Waals surface area contributed by atoms with Gasteiger partial charge in [0.25, 0.3) is 0 Å². The molecular formula is C16H12Cl2FNO. The zero-order valence-corrected chi connectivity index (χ0v) is 12.7. The van der Waals surface area contributed by atoms with Crippen LogP contribution >= 0.6 is 23.2 Å². The van der Waals surface area contributed by atoms with Crippen molar-refractivity contribution in [2.45, 2.75) is 18.8 Å². The van der Waals surface area contributed by atoms with Crippen molar-refractivity contribution < 1.29 is 9.18 Å². The van der Waals surface area contributed by atoms with Gasteiger partial charge in [0.05, 0.1) is 16.1 Å². The minimum Gasteiger partial charge on any atom is -0.324 e. The van der Waals surface area contributed by atoms with Gasteiger partial charge in [-0.3, -0.25) is 4.79 Å². The average Bonchev–Trinajstić information content (AvgIpc) is 2.68. The number of benzene rings is 2. The molecule has 1 aliphatic rings. The van der Waals surface area contributed by atoms with E-state index in [-0.39, 0.29) is 11.7 Å². The van der Waals surface area contributed by atoms with Gasteiger partial charge in [0, 0.05) is 10.6 Å². The van der Waals surface area contributed by atoms with Crippen molar-refractivity contribution in [1.82, 2.24) is 0 Å². The van der Waals surface area contributed by atoms with Crippen LogP contribution in [0.2, 0.25) is 10.0 Å². The summed E-state index contributed by atoms with van der Waals surface area (Å²) >= 11 is 12.4. The van der Waals surface area contributed by atoms with E-state index < -0.39 is 5.41 Å². The van der Waals surface area contributed by atoms with Gasteiger partial charge in [-0.15, -0.1) is 0 Å². The van der Waals surface area contributed by atoms with Crippen molar-refractivity contribution in [3.63, 3.8) is 0 Å². The lowest BCUT2D eigenvalue weighted by Crippen LogP contribution is -2.33. The van der Waals surface area contributed by atoms with Crippen molar-refractivity contribution >= 4 is 34.8 Å². The first-order chi connectivity index (χ1) is 9.91. The number of hydrogen-bond donors (Lipinski definition) is 1. The predicted octanol–water partition coefficient (Wildman–Crippen LogP) is 4.59. The molecule has 1 unspecified atom stereocenters. The van der Waals surface area contributed by atoms with Crippen molar-refractivity contribution in [3.05, 3.63) is 63.4 Å². The summed E-state index contributed by atoms with van der Waals surface area (Å²) in [5.74, 6) is -0.510. The Morgan fingerprint density at radius 3 is 2.62 bits per heavy atom. The lowest BCUT2D eigenvalue weighted by atomic mass is 9.78. The molecule has 3 rings (SSSR count). The smallest absolute Gasteiger partial charge is 0.235 e. The molecule has 0 bridgehead atoms. The molecule has 21 heavy (non-hydrogen) atoms. The Bertz CT molecular complexity index is 747. The van der Waals surface area contributed by atoms with Crippen LogP contribution in [-0.2, 0) is 16.6 Å². The Balaban J connectivity index is 2.10. The van der Waals surface area contributed by atoms with Crippen LogP contribution in [0.4, 0.5) is 10.1 Å². The van der Waals surface area contributed by atoms with E-state index in [4.69, 9.17) is 23.2 Å². The number of amides is 1. The predicted molar refractivity (Wildman–Crippen MR) is 82.5 cm³/mol. The number of carbonyl (C=O) groups excluding carboxylic acids is 1. The van der Waals surface area contributed by atoms with Crippen LogP contribution in [0.15, 0.2) is 36.4 Å². The first-order valence-electron chi connectivity index (χ1n) is 6.46. The molecule has 1 heterocycles. The van der Waals surface area contributed by atoms with Crippen LogP contribution in [0.1, 0.15) is 18.1 Å². The molecular weight excluding hydrogens is 312 g/mol. The normalized spacial score (nSPS) is 20.3. The van der Waals surface area contributed by atoms with Crippen molar-refractivity contribution in [2.24, 2.45) is 0 Å². The maximum absolute atomic E-state index is 13.4. The number of halogens is 3. The molecule has 0 fully saturated rings. The SMILES string of the molecule is CC1(Cc2cccc(F)c2)C(=O)Nc2c(Cl)ccc(Cl)c21. The number of hydrogen-bond acceptors (Lipinski definition) is 1. The van der Waals surface area contributed by atoms with E-state index in [0.29, 0.717) is 27.7 Å². The fraction of sp³-hybridized carbons (Fsp3) is 0.188. The van der Waals surface area contributed by atoms with Crippen molar-refractivity contribution in [3.8, 4) is 0 Å². The summed E-state index contributed by atoms with van der Waals surface area (Å²) < 4.78 is 13.4. The largest absolute Gasteiger partial charge is 0.324 e. The minimum atomic E-state index is -0.870. The summed E-state index contributed by atoms with van der Waals surface area (Å²) in [7, 11) is 0. The number of fused-ring (bicyclic) bond motifs is 1. The molecule has 2 aromatic carbocycles. The molecule has 108 valence electrons. The standard InChI is InChI=1S/C16H12Cl2FNO/c1-16(8-9-3-2-4-10(19)7-9)13-11(17)5-6-12(18)14(13)20-15(16)21/h2-7H,8H2,1H3,(H,20,21). The van der Waals surface area contributed by atoms with Gasteiger partial charge in [-0.1, -0.05) is 35.3 Å². The summed E-state index contributed by atoms with van der Waals surface area (Å²) in [5.41, 5.74) is 1.08. The molecule has 0 spiro atoms. The molecule has 0 radical (unpaired) electrons. The first kappa shape index (κ1) is 14.4. The van der Waals surface area contributed by atoms with Gasteiger partial charge in [0.2, 0.25) is 5.91 Å². The highest BCUT2D eigenvalue weighted by Gasteiger charge is 2.45. The minimum absolute atomic E-state index is 0.184. The van der Waals surface area contributed by atoms with Crippen LogP contribution < -0.4 is 5.32 Å². The van der Waals surface area contributed by atoms with E-state index >= 15 is 0 Å². The van der Waals surface area contributed by atoms with Crippen LogP contribution in [0.25, 0.3) is 0 Å². The van der Waals surface area contributed by atoms with Crippen LogP contribution in [0.3, 0.4) is 0 Å². The topological polar surface area (TPSA) is 29.1 Å². The summed E-state index contributed by atoms with van der Waals surface area (Å²) in [5, 5.41) is 3.71. The van der Waals surface area contributed by atoms with Crippen molar-refractivity contribution in [1.29, 1.82) is 0 Å². The Labute approximate surface area is 131 Å². The monoisotopic (exact) mass is 323 g/mol. The molecule has 1 atom stereocenters. The molecule has 0 saturated carbocycles. The van der Waals surface area contributed by atoms with E-state index in [0.717, 1.165) is 5.56 Å². The summed E-state index contributed by atoms with van der Waals surface area (Å²) in [6.45, 7) is 1.79. The Morgan fingerprint density at radius 2 is 1.90 bits per heavy atom. The van der Waals surface area contributed by atoms with Gasteiger partial charge >= 0.3 is 0 Å². The van der Waals surface area contributed by atoms with Crippen LogP contribution in [-0.4, -0.2) is 5.91 Å². The Morgan fingerprint density at radius 1 is 1.19 bits per heavy atom. The second-order valence-corrected chi connectivity index (χ2v) is 6.19. The quantitative estimate of drug-likeness (QED) is 0.860. The molecule has 1 aliphatic heterocycles. The molecule has 0 aromatic heterocycles. The fourth-order valence-corrected chi connectivity index (χ4v) is 3.37. The van der Waals surface area contributed by atoms with Gasteiger partial charge in [-0.05, 0) is 43.2 Å². The number of rotatable bonds is 2. The molecule has 2 aromatic rings. The van der Waals surface area contributed by atoms with E-state index in [2.05, 4.69) is 5.32 Å². The van der Waals surface area contributed by atoms with E-state index in [1.54, 1.807) is 31.2 Å². The van der Waals surface area contributed by atoms with E-state index in [1.165, 1.54) is 12.1 Å². The maximum Gasteiger partial charge on any atom is 0.235 e. The van der Waals surface area contributed by atoms with Gasteiger partial charge in [0.15, 0.2) is 0 Å². The molecule has 0 aliphatic carbocycles.